The fraction of sp³-hybridized carbons (Fsp3) is 0.458. The summed E-state index contributed by atoms with van der Waals surface area (Å²) in [6.07, 6.45) is 1.95. The van der Waals surface area contributed by atoms with Crippen molar-refractivity contribution in [2.45, 2.75) is 46.2 Å². The fourth-order valence-corrected chi connectivity index (χ4v) is 4.45. The molecule has 0 amide bonds. The number of piperazine rings is 1. The van der Waals surface area contributed by atoms with Crippen molar-refractivity contribution >= 4 is 5.69 Å². The smallest absolute Gasteiger partial charge is 0.168 e. The van der Waals surface area contributed by atoms with Crippen LogP contribution in [0.4, 0.5) is 5.69 Å². The second-order valence-electron chi connectivity index (χ2n) is 8.16. The number of anilines is 1. The van der Waals surface area contributed by atoms with Gasteiger partial charge in [0.15, 0.2) is 5.82 Å². The second kappa shape index (κ2) is 9.39. The maximum Gasteiger partial charge on any atom is 0.168 e. The number of benzene rings is 2. The van der Waals surface area contributed by atoms with Gasteiger partial charge in [-0.3, -0.25) is 4.90 Å². The van der Waals surface area contributed by atoms with Crippen LogP contribution in [0.5, 0.6) is 0 Å². The van der Waals surface area contributed by atoms with Crippen molar-refractivity contribution in [3.05, 3.63) is 71.0 Å². The highest BCUT2D eigenvalue weighted by molar-refractivity contribution is 5.56. The molecule has 0 unspecified atom stereocenters. The van der Waals surface area contributed by atoms with Crippen molar-refractivity contribution in [3.63, 3.8) is 0 Å². The van der Waals surface area contributed by atoms with Crippen molar-refractivity contribution in [3.8, 4) is 0 Å². The van der Waals surface area contributed by atoms with Gasteiger partial charge in [-0.2, -0.15) is 0 Å². The first-order valence-corrected chi connectivity index (χ1v) is 11.0. The third-order valence-electron chi connectivity index (χ3n) is 6.37. The molecule has 0 aliphatic carbocycles. The molecule has 158 valence electrons. The predicted molar refractivity (Wildman–Crippen MR) is 121 cm³/mol. The molecule has 2 heterocycles. The summed E-state index contributed by atoms with van der Waals surface area (Å²) in [6, 6.07) is 17.4. The van der Waals surface area contributed by atoms with Crippen LogP contribution in [0.2, 0.25) is 0 Å². The summed E-state index contributed by atoms with van der Waals surface area (Å²) in [5.41, 5.74) is 5.44. The molecule has 1 atom stereocenters. The standard InChI is InChI=1S/C24H32N6/c1-4-22(24-25-26-27-30(24)14-13-21-10-6-5-7-11-21)28-15-17-29(18-16-28)23-12-8-9-19(2)20(23)3/h5-12,22H,4,13-18H2,1-3H3/t22-/m1/s1. The largest absolute Gasteiger partial charge is 0.369 e. The minimum atomic E-state index is 0.261. The Balaban J connectivity index is 1.42. The first-order valence-electron chi connectivity index (χ1n) is 11.0. The van der Waals surface area contributed by atoms with E-state index in [2.05, 4.69) is 94.6 Å². The van der Waals surface area contributed by atoms with Crippen molar-refractivity contribution in [1.29, 1.82) is 0 Å². The van der Waals surface area contributed by atoms with Crippen LogP contribution < -0.4 is 4.90 Å². The second-order valence-corrected chi connectivity index (χ2v) is 8.16. The molecule has 0 bridgehead atoms. The lowest BCUT2D eigenvalue weighted by Gasteiger charge is -2.40. The van der Waals surface area contributed by atoms with Crippen molar-refractivity contribution < 1.29 is 0 Å². The third-order valence-corrected chi connectivity index (χ3v) is 6.37. The Morgan fingerprint density at radius 3 is 2.43 bits per heavy atom. The van der Waals surface area contributed by atoms with Gasteiger partial charge in [-0.1, -0.05) is 49.4 Å². The zero-order valence-corrected chi connectivity index (χ0v) is 18.3. The Labute approximate surface area is 179 Å². The number of rotatable bonds is 7. The van der Waals surface area contributed by atoms with Gasteiger partial charge in [0.05, 0.1) is 6.04 Å². The Kier molecular flexibility index (Phi) is 6.43. The van der Waals surface area contributed by atoms with Gasteiger partial charge in [-0.25, -0.2) is 4.68 Å². The van der Waals surface area contributed by atoms with E-state index >= 15 is 0 Å². The molecule has 30 heavy (non-hydrogen) atoms. The first-order chi connectivity index (χ1) is 14.7. The molecule has 1 aliphatic rings. The summed E-state index contributed by atoms with van der Waals surface area (Å²) < 4.78 is 2.00. The predicted octanol–water partition coefficient (Wildman–Crippen LogP) is 3.81. The SMILES string of the molecule is CC[C@H](c1nnnn1CCc1ccccc1)N1CCN(c2cccc(C)c2C)CC1. The molecule has 0 spiro atoms. The quantitative estimate of drug-likeness (QED) is 0.599. The Hall–Kier alpha value is -2.73. The van der Waals surface area contributed by atoms with E-state index < -0.39 is 0 Å². The van der Waals surface area contributed by atoms with Gasteiger partial charge >= 0.3 is 0 Å². The molecule has 6 heteroatoms. The average molecular weight is 405 g/mol. The highest BCUT2D eigenvalue weighted by Crippen LogP contribution is 2.28. The number of nitrogens with zero attached hydrogens (tertiary/aromatic N) is 6. The van der Waals surface area contributed by atoms with E-state index in [0.717, 1.165) is 51.4 Å². The maximum absolute atomic E-state index is 4.42. The normalized spacial score (nSPS) is 16.0. The van der Waals surface area contributed by atoms with E-state index in [0.29, 0.717) is 0 Å². The van der Waals surface area contributed by atoms with Crippen LogP contribution in [0, 0.1) is 13.8 Å². The van der Waals surface area contributed by atoms with E-state index in [4.69, 9.17) is 0 Å². The van der Waals surface area contributed by atoms with E-state index in [1.54, 1.807) is 0 Å². The summed E-state index contributed by atoms with van der Waals surface area (Å²) in [6.45, 7) is 11.6. The average Bonchev–Trinajstić information content (AvgIpc) is 3.24. The molecular formula is C24H32N6. The van der Waals surface area contributed by atoms with Crippen LogP contribution in [0.3, 0.4) is 0 Å². The van der Waals surface area contributed by atoms with Gasteiger partial charge in [-0.15, -0.1) is 5.10 Å². The molecule has 1 saturated heterocycles. The monoisotopic (exact) mass is 404 g/mol. The molecule has 1 aromatic heterocycles. The molecule has 0 radical (unpaired) electrons. The fourth-order valence-electron chi connectivity index (χ4n) is 4.45. The van der Waals surface area contributed by atoms with E-state index in [1.165, 1.54) is 22.4 Å². The van der Waals surface area contributed by atoms with Crippen molar-refractivity contribution in [2.75, 3.05) is 31.1 Å². The Morgan fingerprint density at radius 2 is 1.70 bits per heavy atom. The lowest BCUT2D eigenvalue weighted by Crippen LogP contribution is -2.48. The van der Waals surface area contributed by atoms with E-state index in [1.807, 2.05) is 4.68 Å². The van der Waals surface area contributed by atoms with Gasteiger partial charge in [-0.05, 0) is 59.9 Å². The number of aromatic nitrogens is 4. The van der Waals surface area contributed by atoms with Crippen LogP contribution >= 0.6 is 0 Å². The van der Waals surface area contributed by atoms with E-state index in [9.17, 15) is 0 Å². The minimum Gasteiger partial charge on any atom is -0.369 e. The summed E-state index contributed by atoms with van der Waals surface area (Å²) in [7, 11) is 0. The van der Waals surface area contributed by atoms with Crippen molar-refractivity contribution in [2.24, 2.45) is 0 Å². The van der Waals surface area contributed by atoms with Crippen molar-refractivity contribution in [1.82, 2.24) is 25.1 Å². The maximum atomic E-state index is 4.42. The highest BCUT2D eigenvalue weighted by atomic mass is 15.5. The number of tetrazole rings is 1. The minimum absolute atomic E-state index is 0.261. The lowest BCUT2D eigenvalue weighted by atomic mass is 10.1. The number of hydrogen-bond acceptors (Lipinski definition) is 5. The first kappa shape index (κ1) is 20.5. The molecule has 2 aromatic carbocycles. The summed E-state index contributed by atoms with van der Waals surface area (Å²) in [4.78, 5) is 5.07. The molecule has 4 rings (SSSR count). The summed E-state index contributed by atoms with van der Waals surface area (Å²) >= 11 is 0. The van der Waals surface area contributed by atoms with Gasteiger partial charge in [0.1, 0.15) is 0 Å². The zero-order valence-electron chi connectivity index (χ0n) is 18.3. The number of aryl methyl sites for hydroxylation is 3. The Morgan fingerprint density at radius 1 is 0.933 bits per heavy atom. The van der Waals surface area contributed by atoms with Gasteiger partial charge in [0.2, 0.25) is 0 Å². The van der Waals surface area contributed by atoms with Crippen LogP contribution in [0.15, 0.2) is 48.5 Å². The topological polar surface area (TPSA) is 50.1 Å². The van der Waals surface area contributed by atoms with Gasteiger partial charge in [0.25, 0.3) is 0 Å². The van der Waals surface area contributed by atoms with Crippen LogP contribution in [0.25, 0.3) is 0 Å². The molecule has 1 aliphatic heterocycles. The van der Waals surface area contributed by atoms with Crippen LogP contribution in [-0.2, 0) is 13.0 Å². The molecule has 1 fully saturated rings. The summed E-state index contributed by atoms with van der Waals surface area (Å²) in [5, 5.41) is 12.7. The Bertz CT molecular complexity index is 943. The van der Waals surface area contributed by atoms with E-state index in [-0.39, 0.29) is 6.04 Å². The number of hydrogen-bond donors (Lipinski definition) is 0. The third kappa shape index (κ3) is 4.38. The lowest BCUT2D eigenvalue weighted by molar-refractivity contribution is 0.169. The molecule has 0 saturated carbocycles. The summed E-state index contributed by atoms with van der Waals surface area (Å²) in [5.74, 6) is 0.994. The molecular weight excluding hydrogens is 372 g/mol. The molecule has 0 N–H and O–H groups in total. The van der Waals surface area contributed by atoms with Crippen LogP contribution in [0.1, 0.15) is 41.9 Å². The van der Waals surface area contributed by atoms with Gasteiger partial charge in [0, 0.05) is 38.4 Å². The zero-order chi connectivity index (χ0) is 20.9. The molecule has 6 nitrogen and oxygen atoms in total. The van der Waals surface area contributed by atoms with Gasteiger partial charge < -0.3 is 4.90 Å². The highest BCUT2D eigenvalue weighted by Gasteiger charge is 2.28. The van der Waals surface area contributed by atoms with Crippen LogP contribution in [-0.4, -0.2) is 51.3 Å². The molecule has 3 aromatic rings.